The third-order valence-corrected chi connectivity index (χ3v) is 3.34. The SMILES string of the molecule is CC(C)(C)OC(=O)N1CC(=NOCc2ccccc2)C[C@H]1C(=O)O. The Morgan fingerprint density at radius 3 is 2.54 bits per heavy atom. The third kappa shape index (κ3) is 4.97. The molecule has 1 aliphatic rings. The summed E-state index contributed by atoms with van der Waals surface area (Å²) in [5.41, 5.74) is 0.770. The van der Waals surface area contributed by atoms with Gasteiger partial charge in [0.15, 0.2) is 0 Å². The first-order valence-corrected chi connectivity index (χ1v) is 7.70. The normalized spacial score (nSPS) is 19.4. The lowest BCUT2D eigenvalue weighted by Crippen LogP contribution is -2.43. The summed E-state index contributed by atoms with van der Waals surface area (Å²) in [5.74, 6) is -1.09. The van der Waals surface area contributed by atoms with Gasteiger partial charge in [-0.1, -0.05) is 35.5 Å². The molecule has 1 amide bonds. The van der Waals surface area contributed by atoms with Gasteiger partial charge in [-0.2, -0.15) is 0 Å². The number of rotatable bonds is 4. The molecular formula is C17H22N2O5. The molecule has 0 radical (unpaired) electrons. The number of amides is 1. The Balaban J connectivity index is 1.99. The molecule has 1 atom stereocenters. The summed E-state index contributed by atoms with van der Waals surface area (Å²) in [6.45, 7) is 5.56. The first kappa shape index (κ1) is 17.8. The van der Waals surface area contributed by atoms with Crippen molar-refractivity contribution in [2.75, 3.05) is 6.54 Å². The van der Waals surface area contributed by atoms with Crippen molar-refractivity contribution in [1.82, 2.24) is 4.90 Å². The Kier molecular flexibility index (Phi) is 5.43. The van der Waals surface area contributed by atoms with Gasteiger partial charge in [-0.15, -0.1) is 0 Å². The lowest BCUT2D eigenvalue weighted by Gasteiger charge is -2.26. The van der Waals surface area contributed by atoms with Gasteiger partial charge in [0.2, 0.25) is 0 Å². The van der Waals surface area contributed by atoms with E-state index < -0.39 is 23.7 Å². The second-order valence-electron chi connectivity index (χ2n) is 6.58. The smallest absolute Gasteiger partial charge is 0.411 e. The van der Waals surface area contributed by atoms with Gasteiger partial charge in [-0.3, -0.25) is 4.90 Å². The molecule has 1 aromatic rings. The van der Waals surface area contributed by atoms with Gasteiger partial charge in [0.05, 0.1) is 12.3 Å². The zero-order valence-electron chi connectivity index (χ0n) is 14.1. The fraction of sp³-hybridized carbons (Fsp3) is 0.471. The number of hydrogen-bond donors (Lipinski definition) is 1. The lowest BCUT2D eigenvalue weighted by molar-refractivity contribution is -0.142. The number of carbonyl (C=O) groups is 2. The van der Waals surface area contributed by atoms with Crippen LogP contribution >= 0.6 is 0 Å². The van der Waals surface area contributed by atoms with Crippen LogP contribution in [0.25, 0.3) is 0 Å². The Labute approximate surface area is 140 Å². The van der Waals surface area contributed by atoms with Crippen molar-refractivity contribution in [3.63, 3.8) is 0 Å². The zero-order valence-corrected chi connectivity index (χ0v) is 14.1. The average Bonchev–Trinajstić information content (AvgIpc) is 2.91. The van der Waals surface area contributed by atoms with E-state index in [1.807, 2.05) is 30.3 Å². The van der Waals surface area contributed by atoms with E-state index in [4.69, 9.17) is 9.57 Å². The molecule has 130 valence electrons. The number of oxime groups is 1. The number of nitrogens with zero attached hydrogens (tertiary/aromatic N) is 2. The minimum absolute atomic E-state index is 0.0840. The maximum absolute atomic E-state index is 12.2. The Morgan fingerprint density at radius 1 is 1.29 bits per heavy atom. The van der Waals surface area contributed by atoms with Crippen molar-refractivity contribution in [1.29, 1.82) is 0 Å². The summed E-state index contributed by atoms with van der Waals surface area (Å²) in [4.78, 5) is 30.0. The lowest BCUT2D eigenvalue weighted by atomic mass is 10.2. The number of ether oxygens (including phenoxy) is 1. The Morgan fingerprint density at radius 2 is 1.96 bits per heavy atom. The van der Waals surface area contributed by atoms with Gasteiger partial charge in [-0.25, -0.2) is 9.59 Å². The largest absolute Gasteiger partial charge is 0.480 e. The highest BCUT2D eigenvalue weighted by Gasteiger charge is 2.40. The molecule has 1 N–H and O–H groups in total. The minimum atomic E-state index is -1.09. The van der Waals surface area contributed by atoms with Gasteiger partial charge in [0.25, 0.3) is 0 Å². The van der Waals surface area contributed by atoms with Crippen molar-refractivity contribution in [3.8, 4) is 0 Å². The quantitative estimate of drug-likeness (QED) is 0.855. The summed E-state index contributed by atoms with van der Waals surface area (Å²) >= 11 is 0. The van der Waals surface area contributed by atoms with E-state index in [2.05, 4.69) is 5.16 Å². The monoisotopic (exact) mass is 334 g/mol. The number of carboxylic acids is 1. The van der Waals surface area contributed by atoms with Crippen molar-refractivity contribution < 1.29 is 24.3 Å². The molecule has 2 rings (SSSR count). The zero-order chi connectivity index (χ0) is 17.7. The van der Waals surface area contributed by atoms with E-state index >= 15 is 0 Å². The number of hydrogen-bond acceptors (Lipinski definition) is 5. The Hall–Kier alpha value is -2.57. The number of carbonyl (C=O) groups excluding carboxylic acids is 1. The van der Waals surface area contributed by atoms with Crippen LogP contribution in [0.1, 0.15) is 32.8 Å². The highest BCUT2D eigenvalue weighted by atomic mass is 16.6. The molecular weight excluding hydrogens is 312 g/mol. The summed E-state index contributed by atoms with van der Waals surface area (Å²) in [6.07, 6.45) is -0.535. The molecule has 0 saturated carbocycles. The molecule has 0 spiro atoms. The fourth-order valence-electron chi connectivity index (χ4n) is 2.28. The van der Waals surface area contributed by atoms with Crippen LogP contribution in [0.2, 0.25) is 0 Å². The van der Waals surface area contributed by atoms with Crippen molar-refractivity contribution >= 4 is 17.8 Å². The van der Waals surface area contributed by atoms with E-state index in [0.29, 0.717) is 5.71 Å². The van der Waals surface area contributed by atoms with Crippen LogP contribution < -0.4 is 0 Å². The molecule has 7 heteroatoms. The summed E-state index contributed by atoms with van der Waals surface area (Å²) in [7, 11) is 0. The van der Waals surface area contributed by atoms with E-state index in [9.17, 15) is 14.7 Å². The van der Waals surface area contributed by atoms with Crippen LogP contribution in [0.3, 0.4) is 0 Å². The first-order valence-electron chi connectivity index (χ1n) is 7.70. The maximum atomic E-state index is 12.2. The average molecular weight is 334 g/mol. The van der Waals surface area contributed by atoms with E-state index in [1.54, 1.807) is 20.8 Å². The van der Waals surface area contributed by atoms with Crippen LogP contribution in [0, 0.1) is 0 Å². The molecule has 0 aliphatic carbocycles. The van der Waals surface area contributed by atoms with Crippen LogP contribution in [0.5, 0.6) is 0 Å². The molecule has 1 heterocycles. The van der Waals surface area contributed by atoms with Crippen molar-refractivity contribution in [3.05, 3.63) is 35.9 Å². The number of benzene rings is 1. The van der Waals surface area contributed by atoms with Gasteiger partial charge in [0, 0.05) is 6.42 Å². The van der Waals surface area contributed by atoms with Crippen molar-refractivity contribution in [2.24, 2.45) is 5.16 Å². The summed E-state index contributed by atoms with van der Waals surface area (Å²) in [5, 5.41) is 13.3. The second kappa shape index (κ2) is 7.33. The second-order valence-corrected chi connectivity index (χ2v) is 6.58. The molecule has 1 saturated heterocycles. The third-order valence-electron chi connectivity index (χ3n) is 3.34. The van der Waals surface area contributed by atoms with Crippen LogP contribution in [0.15, 0.2) is 35.5 Å². The number of aliphatic carboxylic acids is 1. The molecule has 0 unspecified atom stereocenters. The van der Waals surface area contributed by atoms with Gasteiger partial charge in [0.1, 0.15) is 18.2 Å². The molecule has 0 aromatic heterocycles. The molecule has 1 aliphatic heterocycles. The standard InChI is InChI=1S/C17H22N2O5/c1-17(2,3)24-16(22)19-10-13(9-14(19)15(20)21)18-23-11-12-7-5-4-6-8-12/h4-8,14H,9-11H2,1-3H3,(H,20,21)/t14-/m0/s1. The fourth-order valence-corrected chi connectivity index (χ4v) is 2.28. The predicted octanol–water partition coefficient (Wildman–Crippen LogP) is 2.65. The molecule has 1 fully saturated rings. The topological polar surface area (TPSA) is 88.4 Å². The van der Waals surface area contributed by atoms with Crippen molar-refractivity contribution in [2.45, 2.75) is 45.4 Å². The molecule has 24 heavy (non-hydrogen) atoms. The van der Waals surface area contributed by atoms with Gasteiger partial charge in [-0.05, 0) is 26.3 Å². The van der Waals surface area contributed by atoms with Crippen LogP contribution in [-0.2, 0) is 21.0 Å². The minimum Gasteiger partial charge on any atom is -0.480 e. The maximum Gasteiger partial charge on any atom is 0.411 e. The van der Waals surface area contributed by atoms with Crippen LogP contribution in [-0.4, -0.2) is 46.0 Å². The first-order chi connectivity index (χ1) is 11.3. The Bertz CT molecular complexity index is 622. The van der Waals surface area contributed by atoms with Gasteiger partial charge < -0.3 is 14.7 Å². The molecule has 7 nitrogen and oxygen atoms in total. The highest BCUT2D eigenvalue weighted by molar-refractivity contribution is 5.98. The van der Waals surface area contributed by atoms with Gasteiger partial charge >= 0.3 is 12.1 Å². The number of carboxylic acid groups (broad SMARTS) is 1. The molecule has 0 bridgehead atoms. The van der Waals surface area contributed by atoms with E-state index in [-0.39, 0.29) is 19.6 Å². The van der Waals surface area contributed by atoms with E-state index in [1.165, 1.54) is 0 Å². The van der Waals surface area contributed by atoms with Crippen LogP contribution in [0.4, 0.5) is 4.79 Å². The number of likely N-dealkylation sites (tertiary alicyclic amines) is 1. The predicted molar refractivity (Wildman–Crippen MR) is 87.6 cm³/mol. The molecule has 1 aromatic carbocycles. The summed E-state index contributed by atoms with van der Waals surface area (Å²) < 4.78 is 5.25. The highest BCUT2D eigenvalue weighted by Crippen LogP contribution is 2.20. The van der Waals surface area contributed by atoms with E-state index in [0.717, 1.165) is 10.5 Å². The summed E-state index contributed by atoms with van der Waals surface area (Å²) in [6, 6.07) is 8.52.